The largest absolute Gasteiger partial charge is 0.481 e. The van der Waals surface area contributed by atoms with Crippen LogP contribution < -0.4 is 0 Å². The lowest BCUT2D eigenvalue weighted by Gasteiger charge is -2.40. The minimum absolute atomic E-state index is 0.477. The van der Waals surface area contributed by atoms with E-state index in [0.29, 0.717) is 43.4 Å². The Balaban J connectivity index is 4.68. The minimum atomic E-state index is -0.824. The molecule has 3 N–H and O–H groups in total. The first-order valence-corrected chi connectivity index (χ1v) is 15.7. The number of quaternary nitrogens is 1. The lowest BCUT2D eigenvalue weighted by molar-refractivity contribution is -0.929. The number of hydrogen-bond donors (Lipinski definition) is 3. The van der Waals surface area contributed by atoms with E-state index in [1.807, 2.05) is 0 Å². The second-order valence-corrected chi connectivity index (χ2v) is 11.9. The summed E-state index contributed by atoms with van der Waals surface area (Å²) >= 11 is 0. The zero-order valence-corrected chi connectivity index (χ0v) is 25.5. The Morgan fingerprint density at radius 1 is 0.538 bits per heavy atom. The molecule has 0 aliphatic heterocycles. The SMILES string of the molecule is C/C=C/CCCCCCCCCCCCCC[N+](CCC(C)C(=O)O)(CCC(C)C(=O)O)CCC(C)C(=O)O. The Kier molecular flexibility index (Phi) is 21.8. The second-order valence-electron chi connectivity index (χ2n) is 11.9. The van der Waals surface area contributed by atoms with Gasteiger partial charge in [-0.05, 0) is 32.6 Å². The van der Waals surface area contributed by atoms with Gasteiger partial charge in [0, 0.05) is 19.3 Å². The number of rotatable bonds is 27. The van der Waals surface area contributed by atoms with Gasteiger partial charge in [0.2, 0.25) is 0 Å². The highest BCUT2D eigenvalue weighted by atomic mass is 16.4. The van der Waals surface area contributed by atoms with Gasteiger partial charge in [0.05, 0.1) is 43.9 Å². The molecule has 39 heavy (non-hydrogen) atoms. The van der Waals surface area contributed by atoms with E-state index in [-0.39, 0.29) is 0 Å². The van der Waals surface area contributed by atoms with Crippen molar-refractivity contribution in [2.45, 2.75) is 130 Å². The quantitative estimate of drug-likeness (QED) is 0.0543. The van der Waals surface area contributed by atoms with Gasteiger partial charge >= 0.3 is 17.9 Å². The summed E-state index contributed by atoms with van der Waals surface area (Å²) in [5.41, 5.74) is 0. The van der Waals surface area contributed by atoms with Crippen molar-refractivity contribution in [1.29, 1.82) is 0 Å². The summed E-state index contributed by atoms with van der Waals surface area (Å²) in [6, 6.07) is 0. The highest BCUT2D eigenvalue weighted by Gasteiger charge is 2.31. The smallest absolute Gasteiger partial charge is 0.306 e. The number of nitrogens with zero attached hydrogens (tertiary/aromatic N) is 1. The average Bonchev–Trinajstić information content (AvgIpc) is 2.90. The van der Waals surface area contributed by atoms with Crippen molar-refractivity contribution < 1.29 is 34.2 Å². The van der Waals surface area contributed by atoms with E-state index >= 15 is 0 Å². The van der Waals surface area contributed by atoms with Crippen LogP contribution >= 0.6 is 0 Å². The molecular formula is C32H60NO6+. The number of carbonyl (C=O) groups is 3. The van der Waals surface area contributed by atoms with Gasteiger partial charge in [-0.2, -0.15) is 0 Å². The lowest BCUT2D eigenvalue weighted by Crippen LogP contribution is -2.52. The van der Waals surface area contributed by atoms with Crippen molar-refractivity contribution in [2.24, 2.45) is 17.8 Å². The molecule has 0 fully saturated rings. The molecule has 0 saturated carbocycles. The molecule has 0 heterocycles. The molecule has 7 nitrogen and oxygen atoms in total. The van der Waals surface area contributed by atoms with Gasteiger partial charge in [-0.1, -0.05) is 90.7 Å². The fraction of sp³-hybridized carbons (Fsp3) is 0.844. The molecule has 3 atom stereocenters. The fourth-order valence-corrected chi connectivity index (χ4v) is 5.09. The monoisotopic (exact) mass is 554 g/mol. The van der Waals surface area contributed by atoms with E-state index in [0.717, 1.165) is 19.4 Å². The first kappa shape index (κ1) is 37.1. The Hall–Kier alpha value is -1.89. The normalized spacial score (nSPS) is 15.6. The standard InChI is InChI=1S/C32H59NO6/c1-5-6-7-8-9-10-11-12-13-14-15-16-17-18-19-23-33(24-20-27(2)30(34)35,25-21-28(3)31(36)37)26-22-29(4)32(38)39/h5-6,27-29H,7-26H2,1-4H3,(H2-,34,35,36,37,38,39)/p+1/b6-5+. The van der Waals surface area contributed by atoms with Gasteiger partial charge in [0.1, 0.15) is 0 Å². The van der Waals surface area contributed by atoms with Gasteiger partial charge in [-0.15, -0.1) is 0 Å². The Bertz CT molecular complexity index is 632. The first-order valence-electron chi connectivity index (χ1n) is 15.7. The maximum absolute atomic E-state index is 11.5. The third kappa shape index (κ3) is 19.8. The summed E-state index contributed by atoms with van der Waals surface area (Å²) in [5.74, 6) is -3.90. The molecule has 7 heteroatoms. The van der Waals surface area contributed by atoms with E-state index in [4.69, 9.17) is 0 Å². The number of hydrogen-bond acceptors (Lipinski definition) is 3. The minimum Gasteiger partial charge on any atom is -0.481 e. The number of unbranched alkanes of at least 4 members (excludes halogenated alkanes) is 12. The van der Waals surface area contributed by atoms with Gasteiger partial charge in [-0.25, -0.2) is 0 Å². The van der Waals surface area contributed by atoms with Crippen LogP contribution in [-0.2, 0) is 14.4 Å². The summed E-state index contributed by atoms with van der Waals surface area (Å²) in [4.78, 5) is 34.4. The van der Waals surface area contributed by atoms with Crippen LogP contribution in [0.1, 0.15) is 130 Å². The highest BCUT2D eigenvalue weighted by Crippen LogP contribution is 2.22. The molecule has 3 unspecified atom stereocenters. The summed E-state index contributed by atoms with van der Waals surface area (Å²) in [5, 5.41) is 28.2. The van der Waals surface area contributed by atoms with Crippen molar-refractivity contribution in [1.82, 2.24) is 0 Å². The third-order valence-corrected chi connectivity index (χ3v) is 8.36. The number of aliphatic carboxylic acids is 3. The topological polar surface area (TPSA) is 112 Å². The molecule has 0 amide bonds. The molecule has 0 saturated heterocycles. The molecule has 0 radical (unpaired) electrons. The lowest BCUT2D eigenvalue weighted by atomic mass is 10.0. The molecule has 0 aromatic heterocycles. The average molecular weight is 555 g/mol. The molecule has 0 aromatic rings. The van der Waals surface area contributed by atoms with E-state index in [2.05, 4.69) is 19.1 Å². The first-order chi connectivity index (χ1) is 18.5. The van der Waals surface area contributed by atoms with Crippen molar-refractivity contribution in [3.05, 3.63) is 12.2 Å². The zero-order chi connectivity index (χ0) is 29.5. The van der Waals surface area contributed by atoms with Crippen LogP contribution in [0.25, 0.3) is 0 Å². The van der Waals surface area contributed by atoms with Crippen molar-refractivity contribution in [3.63, 3.8) is 0 Å². The van der Waals surface area contributed by atoms with Crippen LogP contribution in [-0.4, -0.2) is 63.9 Å². The molecule has 0 spiro atoms. The van der Waals surface area contributed by atoms with Crippen molar-refractivity contribution in [2.75, 3.05) is 26.2 Å². The molecule has 0 aliphatic carbocycles. The Labute approximate surface area is 238 Å². The number of carboxylic acids is 3. The molecule has 0 bridgehead atoms. The van der Waals surface area contributed by atoms with Gasteiger partial charge < -0.3 is 19.8 Å². The van der Waals surface area contributed by atoms with Crippen molar-refractivity contribution in [3.8, 4) is 0 Å². The predicted octanol–water partition coefficient (Wildman–Crippen LogP) is 7.78. The van der Waals surface area contributed by atoms with Crippen molar-refractivity contribution >= 4 is 17.9 Å². The van der Waals surface area contributed by atoms with Gasteiger partial charge in [0.15, 0.2) is 0 Å². The van der Waals surface area contributed by atoms with E-state index < -0.39 is 35.7 Å². The zero-order valence-electron chi connectivity index (χ0n) is 25.5. The maximum atomic E-state index is 11.5. The van der Waals surface area contributed by atoms with Crippen LogP contribution in [0.4, 0.5) is 0 Å². The fourth-order valence-electron chi connectivity index (χ4n) is 5.09. The summed E-state index contributed by atoms with van der Waals surface area (Å²) in [6.45, 7) is 9.98. The molecule has 0 rings (SSSR count). The van der Waals surface area contributed by atoms with E-state index in [1.54, 1.807) is 20.8 Å². The van der Waals surface area contributed by atoms with Crippen LogP contribution in [0.15, 0.2) is 12.2 Å². The van der Waals surface area contributed by atoms with Crippen LogP contribution in [0, 0.1) is 17.8 Å². The maximum Gasteiger partial charge on any atom is 0.306 e. The molecule has 0 aliphatic rings. The Morgan fingerprint density at radius 3 is 1.15 bits per heavy atom. The second kappa shape index (κ2) is 22.9. The van der Waals surface area contributed by atoms with E-state index in [1.165, 1.54) is 70.6 Å². The summed E-state index contributed by atoms with van der Waals surface area (Å²) in [6.07, 6.45) is 22.2. The summed E-state index contributed by atoms with van der Waals surface area (Å²) in [7, 11) is 0. The Morgan fingerprint density at radius 2 is 0.846 bits per heavy atom. The molecule has 0 aromatic carbocycles. The molecule has 228 valence electrons. The summed E-state index contributed by atoms with van der Waals surface area (Å²) < 4.78 is 0.613. The van der Waals surface area contributed by atoms with Gasteiger partial charge in [0.25, 0.3) is 0 Å². The predicted molar refractivity (Wildman–Crippen MR) is 159 cm³/mol. The highest BCUT2D eigenvalue weighted by molar-refractivity contribution is 5.70. The van der Waals surface area contributed by atoms with Crippen LogP contribution in [0.2, 0.25) is 0 Å². The number of allylic oxidation sites excluding steroid dienone is 2. The van der Waals surface area contributed by atoms with Gasteiger partial charge in [-0.3, -0.25) is 14.4 Å². The third-order valence-electron chi connectivity index (χ3n) is 8.36. The number of carboxylic acid groups (broad SMARTS) is 3. The molecular weight excluding hydrogens is 494 g/mol. The van der Waals surface area contributed by atoms with Crippen LogP contribution in [0.5, 0.6) is 0 Å². The van der Waals surface area contributed by atoms with Crippen LogP contribution in [0.3, 0.4) is 0 Å². The van der Waals surface area contributed by atoms with E-state index in [9.17, 15) is 29.7 Å².